The second-order valence-corrected chi connectivity index (χ2v) is 6.11. The van der Waals surface area contributed by atoms with Gasteiger partial charge in [-0.15, -0.1) is 0 Å². The SMILES string of the molecule is N#Cc1ccc(S(=O)(=O)NCC2CCNC2)cc1. The van der Waals surface area contributed by atoms with E-state index in [0.29, 0.717) is 18.0 Å². The lowest BCUT2D eigenvalue weighted by atomic mass is 10.1. The molecule has 5 nitrogen and oxygen atoms in total. The fourth-order valence-corrected chi connectivity index (χ4v) is 3.02. The minimum absolute atomic E-state index is 0.201. The van der Waals surface area contributed by atoms with Gasteiger partial charge in [0.2, 0.25) is 10.0 Å². The molecular formula is C12H15N3O2S. The molecule has 1 aliphatic rings. The van der Waals surface area contributed by atoms with E-state index in [2.05, 4.69) is 10.0 Å². The van der Waals surface area contributed by atoms with Crippen LogP contribution in [0.3, 0.4) is 0 Å². The number of nitrogens with one attached hydrogen (secondary N) is 2. The van der Waals surface area contributed by atoms with Gasteiger partial charge in [0.15, 0.2) is 0 Å². The van der Waals surface area contributed by atoms with E-state index in [1.807, 2.05) is 6.07 Å². The van der Waals surface area contributed by atoms with E-state index in [9.17, 15) is 8.42 Å². The first-order valence-corrected chi connectivity index (χ1v) is 7.31. The predicted octanol–water partition coefficient (Wildman–Crippen LogP) is 0.446. The first-order valence-electron chi connectivity index (χ1n) is 5.82. The molecule has 0 radical (unpaired) electrons. The van der Waals surface area contributed by atoms with Crippen molar-refractivity contribution >= 4 is 10.0 Å². The molecule has 1 atom stereocenters. The van der Waals surface area contributed by atoms with Crippen LogP contribution in [0.25, 0.3) is 0 Å². The van der Waals surface area contributed by atoms with Crippen molar-refractivity contribution in [3.8, 4) is 6.07 Å². The van der Waals surface area contributed by atoms with Crippen molar-refractivity contribution in [1.82, 2.24) is 10.0 Å². The van der Waals surface area contributed by atoms with E-state index in [-0.39, 0.29) is 4.90 Å². The average Bonchev–Trinajstić information content (AvgIpc) is 2.90. The Morgan fingerprint density at radius 2 is 2.11 bits per heavy atom. The fourth-order valence-electron chi connectivity index (χ4n) is 1.91. The van der Waals surface area contributed by atoms with E-state index in [0.717, 1.165) is 19.5 Å². The van der Waals surface area contributed by atoms with Gasteiger partial charge < -0.3 is 5.32 Å². The zero-order valence-electron chi connectivity index (χ0n) is 9.89. The Bertz CT molecular complexity index is 540. The van der Waals surface area contributed by atoms with Crippen LogP contribution in [-0.2, 0) is 10.0 Å². The molecule has 1 heterocycles. The smallest absolute Gasteiger partial charge is 0.240 e. The standard InChI is InChI=1S/C12H15N3O2S/c13-7-10-1-3-12(4-2-10)18(16,17)15-9-11-5-6-14-8-11/h1-4,11,14-15H,5-6,8-9H2. The van der Waals surface area contributed by atoms with Crippen LogP contribution in [0.1, 0.15) is 12.0 Å². The van der Waals surface area contributed by atoms with Gasteiger partial charge in [-0.25, -0.2) is 13.1 Å². The van der Waals surface area contributed by atoms with Crippen LogP contribution < -0.4 is 10.0 Å². The molecule has 0 aliphatic carbocycles. The zero-order chi connectivity index (χ0) is 13.0. The highest BCUT2D eigenvalue weighted by atomic mass is 32.2. The summed E-state index contributed by atoms with van der Waals surface area (Å²) in [4.78, 5) is 0.201. The summed E-state index contributed by atoms with van der Waals surface area (Å²) in [5.41, 5.74) is 0.453. The lowest BCUT2D eigenvalue weighted by Crippen LogP contribution is -2.30. The molecule has 0 spiro atoms. The quantitative estimate of drug-likeness (QED) is 0.828. The van der Waals surface area contributed by atoms with E-state index >= 15 is 0 Å². The Morgan fingerprint density at radius 1 is 1.39 bits per heavy atom. The van der Waals surface area contributed by atoms with Crippen LogP contribution in [0.2, 0.25) is 0 Å². The summed E-state index contributed by atoms with van der Waals surface area (Å²) >= 11 is 0. The highest BCUT2D eigenvalue weighted by Crippen LogP contribution is 2.12. The lowest BCUT2D eigenvalue weighted by molar-refractivity contribution is 0.539. The fraction of sp³-hybridized carbons (Fsp3) is 0.417. The van der Waals surface area contributed by atoms with Gasteiger partial charge in [-0.3, -0.25) is 0 Å². The van der Waals surface area contributed by atoms with Gasteiger partial charge in [0, 0.05) is 6.54 Å². The molecular weight excluding hydrogens is 250 g/mol. The molecule has 1 fully saturated rings. The molecule has 1 aromatic rings. The number of rotatable bonds is 4. The van der Waals surface area contributed by atoms with E-state index in [1.54, 1.807) is 0 Å². The van der Waals surface area contributed by atoms with Crippen LogP contribution in [0.4, 0.5) is 0 Å². The van der Waals surface area contributed by atoms with Crippen molar-refractivity contribution in [3.05, 3.63) is 29.8 Å². The molecule has 96 valence electrons. The third-order valence-electron chi connectivity index (χ3n) is 3.02. The van der Waals surface area contributed by atoms with Crippen molar-refractivity contribution in [3.63, 3.8) is 0 Å². The molecule has 2 N–H and O–H groups in total. The van der Waals surface area contributed by atoms with E-state index in [1.165, 1.54) is 24.3 Å². The second kappa shape index (κ2) is 5.48. The lowest BCUT2D eigenvalue weighted by Gasteiger charge is -2.10. The Morgan fingerprint density at radius 3 is 2.67 bits per heavy atom. The molecule has 0 bridgehead atoms. The molecule has 1 saturated heterocycles. The molecule has 0 amide bonds. The van der Waals surface area contributed by atoms with Crippen LogP contribution in [0.15, 0.2) is 29.2 Å². The van der Waals surface area contributed by atoms with Gasteiger partial charge in [-0.2, -0.15) is 5.26 Å². The van der Waals surface area contributed by atoms with Gasteiger partial charge in [-0.1, -0.05) is 0 Å². The topological polar surface area (TPSA) is 82.0 Å². The Kier molecular flexibility index (Phi) is 3.97. The number of hydrogen-bond donors (Lipinski definition) is 2. The Hall–Kier alpha value is -1.42. The van der Waals surface area contributed by atoms with Crippen LogP contribution in [0, 0.1) is 17.2 Å². The summed E-state index contributed by atoms with van der Waals surface area (Å²) in [6.45, 7) is 2.26. The van der Waals surface area contributed by atoms with Gasteiger partial charge in [0.1, 0.15) is 0 Å². The van der Waals surface area contributed by atoms with Crippen molar-refractivity contribution in [2.24, 2.45) is 5.92 Å². The molecule has 1 aliphatic heterocycles. The molecule has 6 heteroatoms. The monoisotopic (exact) mass is 265 g/mol. The molecule has 0 saturated carbocycles. The normalized spacial score (nSPS) is 19.6. The third kappa shape index (κ3) is 3.07. The maximum atomic E-state index is 12.0. The number of sulfonamides is 1. The van der Waals surface area contributed by atoms with E-state index in [4.69, 9.17) is 5.26 Å². The van der Waals surface area contributed by atoms with Crippen LogP contribution in [-0.4, -0.2) is 28.1 Å². The highest BCUT2D eigenvalue weighted by Gasteiger charge is 2.19. The van der Waals surface area contributed by atoms with Gasteiger partial charge in [0.25, 0.3) is 0 Å². The van der Waals surface area contributed by atoms with Crippen molar-refractivity contribution < 1.29 is 8.42 Å². The van der Waals surface area contributed by atoms with E-state index < -0.39 is 10.0 Å². The maximum Gasteiger partial charge on any atom is 0.240 e. The molecule has 1 unspecified atom stereocenters. The Balaban J connectivity index is 2.02. The molecule has 1 aromatic carbocycles. The Labute approximate surface area is 107 Å². The summed E-state index contributed by atoms with van der Waals surface area (Å²) in [6, 6.07) is 7.87. The average molecular weight is 265 g/mol. The summed E-state index contributed by atoms with van der Waals surface area (Å²) < 4.78 is 26.6. The van der Waals surface area contributed by atoms with Crippen molar-refractivity contribution in [2.75, 3.05) is 19.6 Å². The third-order valence-corrected chi connectivity index (χ3v) is 4.46. The highest BCUT2D eigenvalue weighted by molar-refractivity contribution is 7.89. The van der Waals surface area contributed by atoms with Crippen molar-refractivity contribution in [2.45, 2.75) is 11.3 Å². The minimum Gasteiger partial charge on any atom is -0.316 e. The second-order valence-electron chi connectivity index (χ2n) is 4.35. The predicted molar refractivity (Wildman–Crippen MR) is 67.3 cm³/mol. The molecule has 2 rings (SSSR count). The molecule has 0 aromatic heterocycles. The van der Waals surface area contributed by atoms with Gasteiger partial charge in [-0.05, 0) is 49.7 Å². The number of nitriles is 1. The zero-order valence-corrected chi connectivity index (χ0v) is 10.7. The number of hydrogen-bond acceptors (Lipinski definition) is 4. The number of benzene rings is 1. The minimum atomic E-state index is -3.46. The first kappa shape index (κ1) is 13.0. The summed E-state index contributed by atoms with van der Waals surface area (Å²) in [6.07, 6.45) is 0.996. The van der Waals surface area contributed by atoms with Crippen molar-refractivity contribution in [1.29, 1.82) is 5.26 Å². The maximum absolute atomic E-state index is 12.0. The van der Waals surface area contributed by atoms with Gasteiger partial charge >= 0.3 is 0 Å². The number of nitrogens with zero attached hydrogens (tertiary/aromatic N) is 1. The molecule has 18 heavy (non-hydrogen) atoms. The van der Waals surface area contributed by atoms with Crippen LogP contribution >= 0.6 is 0 Å². The summed E-state index contributed by atoms with van der Waals surface area (Å²) in [5, 5.41) is 11.8. The van der Waals surface area contributed by atoms with Gasteiger partial charge in [0.05, 0.1) is 16.5 Å². The summed E-state index contributed by atoms with van der Waals surface area (Å²) in [7, 11) is -3.46. The largest absolute Gasteiger partial charge is 0.316 e. The first-order chi connectivity index (χ1) is 8.62. The summed E-state index contributed by atoms with van der Waals surface area (Å²) in [5.74, 6) is 0.359. The van der Waals surface area contributed by atoms with Crippen LogP contribution in [0.5, 0.6) is 0 Å².